The number of rotatable bonds is 12. The van der Waals surface area contributed by atoms with Gasteiger partial charge in [-0.1, -0.05) is 45.6 Å². The van der Waals surface area contributed by atoms with Crippen LogP contribution in [0.5, 0.6) is 5.88 Å². The lowest BCUT2D eigenvalue weighted by Crippen LogP contribution is -2.49. The molecule has 0 amide bonds. The SMILES string of the molecule is CCCCCCOc1nsnc1C1=CCC[N+](C)(COC(=O)CCCC)C1. The number of carbonyl (C=O) groups is 1. The van der Waals surface area contributed by atoms with E-state index in [4.69, 9.17) is 9.47 Å². The second-order valence-electron chi connectivity index (χ2n) is 7.60. The van der Waals surface area contributed by atoms with Crippen LogP contribution in [0, 0.1) is 0 Å². The van der Waals surface area contributed by atoms with Gasteiger partial charge in [-0.2, -0.15) is 4.37 Å². The molecular formula is C20H34N3O3S+. The van der Waals surface area contributed by atoms with Gasteiger partial charge in [0.25, 0.3) is 5.88 Å². The topological polar surface area (TPSA) is 61.3 Å². The molecule has 0 aliphatic carbocycles. The second kappa shape index (κ2) is 11.4. The molecule has 0 bridgehead atoms. The van der Waals surface area contributed by atoms with E-state index in [2.05, 4.69) is 35.7 Å². The number of ether oxygens (including phenoxy) is 2. The first kappa shape index (κ1) is 21.8. The number of esters is 1. The summed E-state index contributed by atoms with van der Waals surface area (Å²) in [4.78, 5) is 11.9. The molecule has 1 aliphatic rings. The normalized spacial score (nSPS) is 19.6. The molecular weight excluding hydrogens is 362 g/mol. The maximum atomic E-state index is 11.9. The molecule has 2 rings (SSSR count). The standard InChI is InChI=1S/C20H34N3O3S/c1-4-6-8-9-14-25-20-19(21-27-22-20)17-11-10-13-23(3,15-17)16-26-18(24)12-7-5-2/h11H,4-10,12-16H2,1-3H3/q+1. The van der Waals surface area contributed by atoms with Gasteiger partial charge in [-0.05, 0) is 12.8 Å². The van der Waals surface area contributed by atoms with Gasteiger partial charge in [-0.15, -0.1) is 4.37 Å². The molecule has 0 saturated carbocycles. The largest absolute Gasteiger partial charge is 0.475 e. The molecule has 152 valence electrons. The maximum Gasteiger partial charge on any atom is 0.310 e. The summed E-state index contributed by atoms with van der Waals surface area (Å²) >= 11 is 1.20. The Labute approximate surface area is 167 Å². The summed E-state index contributed by atoms with van der Waals surface area (Å²) in [5.41, 5.74) is 2.00. The first-order chi connectivity index (χ1) is 13.1. The highest BCUT2D eigenvalue weighted by Gasteiger charge is 2.31. The average Bonchev–Trinajstić information content (AvgIpc) is 3.13. The summed E-state index contributed by atoms with van der Waals surface area (Å²) in [5.74, 6) is 0.551. The number of unbranched alkanes of at least 4 members (excludes halogenated alkanes) is 4. The number of aromatic nitrogens is 2. The Kier molecular flexibility index (Phi) is 9.21. The zero-order chi connectivity index (χ0) is 19.5. The van der Waals surface area contributed by atoms with Crippen LogP contribution < -0.4 is 4.74 Å². The van der Waals surface area contributed by atoms with Crippen molar-refractivity contribution in [2.75, 3.05) is 33.5 Å². The number of likely N-dealkylation sites (N-methyl/N-ethyl adjacent to an activating group) is 1. The Hall–Kier alpha value is -1.47. The van der Waals surface area contributed by atoms with Crippen molar-refractivity contribution in [3.63, 3.8) is 0 Å². The lowest BCUT2D eigenvalue weighted by atomic mass is 10.1. The van der Waals surface area contributed by atoms with Gasteiger partial charge >= 0.3 is 5.97 Å². The van der Waals surface area contributed by atoms with Crippen molar-refractivity contribution in [2.45, 2.75) is 65.2 Å². The molecule has 1 aliphatic heterocycles. The van der Waals surface area contributed by atoms with Crippen LogP contribution >= 0.6 is 11.7 Å². The lowest BCUT2D eigenvalue weighted by Gasteiger charge is -2.36. The third kappa shape index (κ3) is 7.22. The molecule has 0 aromatic carbocycles. The van der Waals surface area contributed by atoms with E-state index in [0.29, 0.717) is 30.1 Å². The molecule has 0 N–H and O–H groups in total. The van der Waals surface area contributed by atoms with Crippen LogP contribution in [0.25, 0.3) is 5.57 Å². The van der Waals surface area contributed by atoms with Gasteiger partial charge in [0.1, 0.15) is 12.2 Å². The molecule has 0 spiro atoms. The monoisotopic (exact) mass is 396 g/mol. The van der Waals surface area contributed by atoms with Crippen molar-refractivity contribution in [1.82, 2.24) is 8.75 Å². The average molecular weight is 397 g/mol. The predicted octanol–water partition coefficient (Wildman–Crippen LogP) is 4.42. The number of hydrogen-bond acceptors (Lipinski definition) is 6. The zero-order valence-corrected chi connectivity index (χ0v) is 17.9. The molecule has 7 heteroatoms. The molecule has 1 unspecified atom stereocenters. The summed E-state index contributed by atoms with van der Waals surface area (Å²) in [6.07, 6.45) is 10.2. The van der Waals surface area contributed by atoms with Crippen LogP contribution in [-0.4, -0.2) is 52.7 Å². The van der Waals surface area contributed by atoms with Crippen molar-refractivity contribution in [2.24, 2.45) is 0 Å². The molecule has 0 fully saturated rings. The number of nitrogens with zero attached hydrogens (tertiary/aromatic N) is 3. The van der Waals surface area contributed by atoms with E-state index in [-0.39, 0.29) is 5.97 Å². The van der Waals surface area contributed by atoms with E-state index in [0.717, 1.165) is 50.0 Å². The Bertz CT molecular complexity index is 617. The van der Waals surface area contributed by atoms with E-state index in [1.165, 1.54) is 31.0 Å². The zero-order valence-electron chi connectivity index (χ0n) is 17.0. The fourth-order valence-corrected chi connectivity index (χ4v) is 3.71. The highest BCUT2D eigenvalue weighted by molar-refractivity contribution is 6.99. The summed E-state index contributed by atoms with van der Waals surface area (Å²) in [5, 5.41) is 0. The third-order valence-electron chi connectivity index (χ3n) is 4.88. The van der Waals surface area contributed by atoms with Gasteiger partial charge < -0.3 is 9.47 Å². The van der Waals surface area contributed by atoms with Crippen molar-refractivity contribution in [1.29, 1.82) is 0 Å². The third-order valence-corrected chi connectivity index (χ3v) is 5.39. The van der Waals surface area contributed by atoms with Crippen LogP contribution in [-0.2, 0) is 9.53 Å². The van der Waals surface area contributed by atoms with Gasteiger partial charge in [0, 0.05) is 18.4 Å². The Morgan fingerprint density at radius 2 is 2.00 bits per heavy atom. The minimum Gasteiger partial charge on any atom is -0.475 e. The summed E-state index contributed by atoms with van der Waals surface area (Å²) < 4.78 is 20.9. The Balaban J connectivity index is 1.89. The molecule has 0 radical (unpaired) electrons. The smallest absolute Gasteiger partial charge is 0.310 e. The molecule has 0 saturated heterocycles. The minimum absolute atomic E-state index is 0.0984. The number of carbonyl (C=O) groups excluding carboxylic acids is 1. The minimum atomic E-state index is -0.0984. The molecule has 1 aromatic heterocycles. The highest BCUT2D eigenvalue weighted by atomic mass is 32.1. The van der Waals surface area contributed by atoms with E-state index >= 15 is 0 Å². The van der Waals surface area contributed by atoms with Crippen molar-refractivity contribution < 1.29 is 18.8 Å². The van der Waals surface area contributed by atoms with E-state index in [9.17, 15) is 4.79 Å². The second-order valence-corrected chi connectivity index (χ2v) is 8.12. The fourth-order valence-electron chi connectivity index (χ4n) is 3.18. The van der Waals surface area contributed by atoms with Crippen molar-refractivity contribution in [3.05, 3.63) is 11.8 Å². The summed E-state index contributed by atoms with van der Waals surface area (Å²) in [6, 6.07) is 0. The van der Waals surface area contributed by atoms with Gasteiger partial charge in [0.15, 0.2) is 0 Å². The van der Waals surface area contributed by atoms with E-state index < -0.39 is 0 Å². The lowest BCUT2D eigenvalue weighted by molar-refractivity contribution is -0.919. The molecule has 1 aromatic rings. The van der Waals surface area contributed by atoms with Gasteiger partial charge in [-0.25, -0.2) is 0 Å². The number of quaternary nitrogens is 1. The fraction of sp³-hybridized carbons (Fsp3) is 0.750. The summed E-state index contributed by atoms with van der Waals surface area (Å²) in [7, 11) is 2.13. The van der Waals surface area contributed by atoms with Gasteiger partial charge in [0.05, 0.1) is 31.9 Å². The van der Waals surface area contributed by atoms with Crippen molar-refractivity contribution in [3.8, 4) is 5.88 Å². The molecule has 2 heterocycles. The van der Waals surface area contributed by atoms with E-state index in [1.54, 1.807) is 0 Å². The van der Waals surface area contributed by atoms with Crippen LogP contribution in [0.4, 0.5) is 0 Å². The number of hydrogen-bond donors (Lipinski definition) is 0. The maximum absolute atomic E-state index is 11.9. The summed E-state index contributed by atoms with van der Waals surface area (Å²) in [6.45, 7) is 7.11. The molecule has 27 heavy (non-hydrogen) atoms. The highest BCUT2D eigenvalue weighted by Crippen LogP contribution is 2.30. The van der Waals surface area contributed by atoms with Crippen LogP contribution in [0.3, 0.4) is 0 Å². The van der Waals surface area contributed by atoms with Gasteiger partial charge in [-0.3, -0.25) is 9.28 Å². The van der Waals surface area contributed by atoms with Crippen LogP contribution in [0.15, 0.2) is 6.08 Å². The van der Waals surface area contributed by atoms with Gasteiger partial charge in [0.2, 0.25) is 6.73 Å². The van der Waals surface area contributed by atoms with Crippen molar-refractivity contribution >= 4 is 23.3 Å². The Morgan fingerprint density at radius 3 is 2.78 bits per heavy atom. The Morgan fingerprint density at radius 1 is 1.19 bits per heavy atom. The van der Waals surface area contributed by atoms with E-state index in [1.807, 2.05) is 0 Å². The first-order valence-electron chi connectivity index (χ1n) is 10.2. The molecule has 1 atom stereocenters. The predicted molar refractivity (Wildman–Crippen MR) is 109 cm³/mol. The van der Waals surface area contributed by atoms with Crippen LogP contribution in [0.2, 0.25) is 0 Å². The first-order valence-corrected chi connectivity index (χ1v) is 10.9. The quantitative estimate of drug-likeness (QED) is 0.297. The van der Waals surface area contributed by atoms with Crippen LogP contribution in [0.1, 0.15) is 70.9 Å². The molecule has 6 nitrogen and oxygen atoms in total.